The topological polar surface area (TPSA) is 98.1 Å². The number of anilines is 1. The van der Waals surface area contributed by atoms with E-state index < -0.39 is 5.97 Å². The van der Waals surface area contributed by atoms with E-state index in [1.165, 1.54) is 0 Å². The van der Waals surface area contributed by atoms with Crippen LogP contribution in [0.25, 0.3) is 0 Å². The van der Waals surface area contributed by atoms with Crippen molar-refractivity contribution in [1.82, 2.24) is 9.97 Å². The molecule has 1 rings (SSSR count). The fourth-order valence-electron chi connectivity index (χ4n) is 1.40. The molecule has 7 heteroatoms. The van der Waals surface area contributed by atoms with Crippen molar-refractivity contribution in [2.24, 2.45) is 0 Å². The maximum atomic E-state index is 11.9. The maximum Gasteiger partial charge on any atom is 0.310 e. The van der Waals surface area contributed by atoms with E-state index in [0.29, 0.717) is 16.8 Å². The molecule has 0 radical (unpaired) electrons. The largest absolute Gasteiger partial charge is 0.466 e. The van der Waals surface area contributed by atoms with Crippen LogP contribution in [0.5, 0.6) is 0 Å². The van der Waals surface area contributed by atoms with Crippen LogP contribution < -0.4 is 11.3 Å². The molecule has 0 atom stereocenters. The summed E-state index contributed by atoms with van der Waals surface area (Å²) >= 11 is 1.65. The molecular weight excluding hydrogens is 266 g/mol. The first-order valence-corrected chi connectivity index (χ1v) is 7.13. The zero-order valence-electron chi connectivity index (χ0n) is 11.4. The molecule has 0 aliphatic rings. The van der Waals surface area contributed by atoms with Gasteiger partial charge >= 0.3 is 5.97 Å². The van der Waals surface area contributed by atoms with E-state index in [4.69, 9.17) is 10.5 Å². The Morgan fingerprint density at radius 2 is 2.21 bits per heavy atom. The lowest BCUT2D eigenvalue weighted by Crippen LogP contribution is -2.23. The number of thioether (sulfide) groups is 1. The molecule has 19 heavy (non-hydrogen) atoms. The van der Waals surface area contributed by atoms with Gasteiger partial charge in [-0.1, -0.05) is 13.8 Å². The normalized spacial score (nSPS) is 10.7. The van der Waals surface area contributed by atoms with Gasteiger partial charge in [-0.15, -0.1) is 0 Å². The first kappa shape index (κ1) is 15.6. The SMILES string of the molecule is CCOC(=O)Cc1c(N)nc(CSC(C)C)[nH]c1=O. The van der Waals surface area contributed by atoms with Gasteiger partial charge in [0.15, 0.2) is 0 Å². The number of ether oxygens (including phenoxy) is 1. The minimum absolute atomic E-state index is 0.0937. The van der Waals surface area contributed by atoms with E-state index in [1.54, 1.807) is 18.7 Å². The molecule has 1 heterocycles. The lowest BCUT2D eigenvalue weighted by Gasteiger charge is -2.08. The maximum absolute atomic E-state index is 11.9. The van der Waals surface area contributed by atoms with Crippen molar-refractivity contribution in [2.75, 3.05) is 12.3 Å². The fraction of sp³-hybridized carbons (Fsp3) is 0.583. The van der Waals surface area contributed by atoms with Crippen LogP contribution in [0.15, 0.2) is 4.79 Å². The van der Waals surface area contributed by atoms with Gasteiger partial charge in [0.1, 0.15) is 11.6 Å². The van der Waals surface area contributed by atoms with Gasteiger partial charge in [-0.2, -0.15) is 11.8 Å². The zero-order valence-corrected chi connectivity index (χ0v) is 12.2. The molecule has 0 aliphatic heterocycles. The number of rotatable bonds is 6. The summed E-state index contributed by atoms with van der Waals surface area (Å²) in [5, 5.41) is 0.436. The molecule has 1 aromatic heterocycles. The number of hydrogen-bond donors (Lipinski definition) is 2. The lowest BCUT2D eigenvalue weighted by atomic mass is 10.2. The molecule has 106 valence electrons. The predicted octanol–water partition coefficient (Wildman–Crippen LogP) is 1.10. The van der Waals surface area contributed by atoms with Crippen LogP contribution in [-0.2, 0) is 21.7 Å². The van der Waals surface area contributed by atoms with Crippen LogP contribution in [0.1, 0.15) is 32.2 Å². The van der Waals surface area contributed by atoms with Gasteiger partial charge in [0, 0.05) is 0 Å². The Morgan fingerprint density at radius 1 is 1.53 bits per heavy atom. The Balaban J connectivity index is 2.85. The summed E-state index contributed by atoms with van der Waals surface area (Å²) in [4.78, 5) is 30.0. The summed E-state index contributed by atoms with van der Waals surface area (Å²) in [5.41, 5.74) is 5.51. The molecule has 0 saturated carbocycles. The molecule has 0 aliphatic carbocycles. The van der Waals surface area contributed by atoms with Gasteiger partial charge in [-0.25, -0.2) is 4.98 Å². The minimum atomic E-state index is -0.481. The standard InChI is InChI=1S/C12H19N3O3S/c1-4-18-10(16)5-8-11(13)14-9(15-12(8)17)6-19-7(2)3/h7H,4-6H2,1-3H3,(H3,13,14,15,17). The first-order valence-electron chi connectivity index (χ1n) is 6.08. The molecule has 0 unspecified atom stereocenters. The quantitative estimate of drug-likeness (QED) is 0.759. The number of carbonyl (C=O) groups is 1. The van der Waals surface area contributed by atoms with Crippen molar-refractivity contribution in [3.05, 3.63) is 21.7 Å². The number of hydrogen-bond acceptors (Lipinski definition) is 6. The molecule has 1 aromatic rings. The van der Waals surface area contributed by atoms with Crippen LogP contribution in [0.3, 0.4) is 0 Å². The third kappa shape index (κ3) is 4.94. The average molecular weight is 285 g/mol. The number of nitrogens with one attached hydrogen (secondary N) is 1. The second-order valence-electron chi connectivity index (χ2n) is 4.22. The first-order chi connectivity index (χ1) is 8.93. The van der Waals surface area contributed by atoms with E-state index in [2.05, 4.69) is 23.8 Å². The average Bonchev–Trinajstić information content (AvgIpc) is 2.31. The number of aromatic amines is 1. The summed E-state index contributed by atoms with van der Waals surface area (Å²) in [7, 11) is 0. The second-order valence-corrected chi connectivity index (χ2v) is 5.78. The number of nitrogens with zero attached hydrogens (tertiary/aromatic N) is 1. The van der Waals surface area contributed by atoms with Crippen LogP contribution >= 0.6 is 11.8 Å². The van der Waals surface area contributed by atoms with Gasteiger partial charge in [-0.05, 0) is 12.2 Å². The van der Waals surface area contributed by atoms with Gasteiger partial charge in [0.05, 0.1) is 24.3 Å². The smallest absolute Gasteiger partial charge is 0.310 e. The van der Waals surface area contributed by atoms with Crippen LogP contribution in [0, 0.1) is 0 Å². The van der Waals surface area contributed by atoms with E-state index >= 15 is 0 Å². The Morgan fingerprint density at radius 3 is 2.74 bits per heavy atom. The Hall–Kier alpha value is -1.50. The molecule has 0 fully saturated rings. The van der Waals surface area contributed by atoms with E-state index in [0.717, 1.165) is 0 Å². The molecular formula is C12H19N3O3S. The van der Waals surface area contributed by atoms with Crippen LogP contribution in [0.4, 0.5) is 5.82 Å². The highest BCUT2D eigenvalue weighted by Crippen LogP contribution is 2.15. The zero-order chi connectivity index (χ0) is 14.4. The van der Waals surface area contributed by atoms with Crippen molar-refractivity contribution in [1.29, 1.82) is 0 Å². The van der Waals surface area contributed by atoms with E-state index in [-0.39, 0.29) is 30.0 Å². The molecule has 6 nitrogen and oxygen atoms in total. The van der Waals surface area contributed by atoms with Crippen molar-refractivity contribution in [3.8, 4) is 0 Å². The lowest BCUT2D eigenvalue weighted by molar-refractivity contribution is -0.142. The van der Waals surface area contributed by atoms with Gasteiger partial charge in [-0.3, -0.25) is 9.59 Å². The number of nitrogen functional groups attached to an aromatic ring is 1. The molecule has 0 bridgehead atoms. The summed E-state index contributed by atoms with van der Waals surface area (Å²) in [5.74, 6) is 0.715. The highest BCUT2D eigenvalue weighted by atomic mass is 32.2. The van der Waals surface area contributed by atoms with E-state index in [1.807, 2.05) is 0 Å². The van der Waals surface area contributed by atoms with Crippen molar-refractivity contribution in [2.45, 2.75) is 38.2 Å². The number of H-pyrrole nitrogens is 1. The number of aromatic nitrogens is 2. The summed E-state index contributed by atoms with van der Waals surface area (Å²) in [6.07, 6.45) is -0.153. The van der Waals surface area contributed by atoms with Gasteiger partial charge in [0.25, 0.3) is 5.56 Å². The minimum Gasteiger partial charge on any atom is -0.466 e. The molecule has 0 amide bonds. The Bertz CT molecular complexity index is 499. The third-order valence-electron chi connectivity index (χ3n) is 2.28. The van der Waals surface area contributed by atoms with Gasteiger partial charge < -0.3 is 15.5 Å². The van der Waals surface area contributed by atoms with Crippen molar-refractivity contribution < 1.29 is 9.53 Å². The molecule has 3 N–H and O–H groups in total. The van der Waals surface area contributed by atoms with Gasteiger partial charge in [0.2, 0.25) is 0 Å². The highest BCUT2D eigenvalue weighted by molar-refractivity contribution is 7.99. The monoisotopic (exact) mass is 285 g/mol. The Labute approximate surface area is 116 Å². The number of esters is 1. The fourth-order valence-corrected chi connectivity index (χ4v) is 2.03. The third-order valence-corrected chi connectivity index (χ3v) is 3.38. The highest BCUT2D eigenvalue weighted by Gasteiger charge is 2.14. The summed E-state index contributed by atoms with van der Waals surface area (Å²) in [6.45, 7) is 6.09. The number of carbonyl (C=O) groups excluding carboxylic acids is 1. The molecule has 0 spiro atoms. The predicted molar refractivity (Wildman–Crippen MR) is 76.0 cm³/mol. The second kappa shape index (κ2) is 7.18. The molecule has 0 saturated heterocycles. The number of nitrogens with two attached hydrogens (primary N) is 1. The van der Waals surface area contributed by atoms with Crippen LogP contribution in [-0.4, -0.2) is 27.8 Å². The van der Waals surface area contributed by atoms with Crippen LogP contribution in [0.2, 0.25) is 0 Å². The Kier molecular flexibility index (Phi) is 5.88. The van der Waals surface area contributed by atoms with Crippen molar-refractivity contribution in [3.63, 3.8) is 0 Å². The summed E-state index contributed by atoms with van der Waals surface area (Å²) in [6, 6.07) is 0. The van der Waals surface area contributed by atoms with Crippen molar-refractivity contribution >= 4 is 23.5 Å². The van der Waals surface area contributed by atoms with E-state index in [9.17, 15) is 9.59 Å². The molecule has 0 aromatic carbocycles. The summed E-state index contributed by atoms with van der Waals surface area (Å²) < 4.78 is 4.79.